The predicted octanol–water partition coefficient (Wildman–Crippen LogP) is -0.768. The zero-order valence-corrected chi connectivity index (χ0v) is 22.3. The molecule has 3 aliphatic rings. The average Bonchev–Trinajstić information content (AvgIpc) is 2.85. The van der Waals surface area contributed by atoms with Gasteiger partial charge < -0.3 is 27.0 Å². The highest BCUT2D eigenvalue weighted by molar-refractivity contribution is 5.80. The Morgan fingerprint density at radius 1 is 1.20 bits per heavy atom. The number of carbonyl (C=O) groups is 1. The van der Waals surface area contributed by atoms with Crippen molar-refractivity contribution in [2.75, 3.05) is 66.0 Å². The Bertz CT molecular complexity index is 706. The number of nitrogens with one attached hydrogen (secondary N) is 2. The highest BCUT2D eigenvalue weighted by Gasteiger charge is 2.45. The van der Waals surface area contributed by atoms with Gasteiger partial charge in [0, 0.05) is 64.3 Å². The summed E-state index contributed by atoms with van der Waals surface area (Å²) < 4.78 is 0. The van der Waals surface area contributed by atoms with Crippen LogP contribution in [0.15, 0.2) is 0 Å². The summed E-state index contributed by atoms with van der Waals surface area (Å²) in [7, 11) is 2.17. The SMILES string of the molecule is CCC(C)N1CC(CC#N)CN(CC)C1C(C(=O)NC1CNCCC1N1CCN(C)CC1)C(N)N. The van der Waals surface area contributed by atoms with E-state index >= 15 is 0 Å². The maximum Gasteiger partial charge on any atom is 0.229 e. The van der Waals surface area contributed by atoms with Crippen molar-refractivity contribution in [3.05, 3.63) is 0 Å². The summed E-state index contributed by atoms with van der Waals surface area (Å²) in [6.45, 7) is 14.7. The van der Waals surface area contributed by atoms with E-state index in [0.29, 0.717) is 12.5 Å². The minimum absolute atomic E-state index is 0.0305. The molecule has 3 fully saturated rings. The number of rotatable bonds is 9. The topological polar surface area (TPSA) is 130 Å². The molecule has 0 saturated carbocycles. The minimum Gasteiger partial charge on any atom is -0.350 e. The predicted molar refractivity (Wildman–Crippen MR) is 139 cm³/mol. The molecule has 10 nitrogen and oxygen atoms in total. The Hall–Kier alpha value is -1.32. The van der Waals surface area contributed by atoms with E-state index in [1.54, 1.807) is 0 Å². The summed E-state index contributed by atoms with van der Waals surface area (Å²) >= 11 is 0. The third-order valence-electron chi connectivity index (χ3n) is 8.44. The molecule has 0 radical (unpaired) electrons. The van der Waals surface area contributed by atoms with E-state index in [2.05, 4.69) is 64.1 Å². The van der Waals surface area contributed by atoms with Crippen LogP contribution in [0, 0.1) is 23.2 Å². The van der Waals surface area contributed by atoms with Crippen LogP contribution in [-0.4, -0.2) is 122 Å². The lowest BCUT2D eigenvalue weighted by atomic mass is 9.90. The number of hydrogen-bond acceptors (Lipinski definition) is 9. The van der Waals surface area contributed by atoms with Crippen LogP contribution in [0.2, 0.25) is 0 Å². The summed E-state index contributed by atoms with van der Waals surface area (Å²) in [4.78, 5) is 23.5. The average molecular weight is 492 g/mol. The minimum atomic E-state index is -0.772. The lowest BCUT2D eigenvalue weighted by Gasteiger charge is -2.52. The van der Waals surface area contributed by atoms with Crippen molar-refractivity contribution in [2.24, 2.45) is 23.3 Å². The second-order valence-corrected chi connectivity index (χ2v) is 10.8. The molecule has 0 bridgehead atoms. The van der Waals surface area contributed by atoms with E-state index in [4.69, 9.17) is 11.5 Å². The van der Waals surface area contributed by atoms with Gasteiger partial charge >= 0.3 is 0 Å². The molecule has 3 saturated heterocycles. The molecular formula is C25H49N9O. The van der Waals surface area contributed by atoms with E-state index in [1.807, 2.05) is 0 Å². The fraction of sp³-hybridized carbons (Fsp3) is 0.920. The smallest absolute Gasteiger partial charge is 0.229 e. The molecular weight excluding hydrogens is 442 g/mol. The summed E-state index contributed by atoms with van der Waals surface area (Å²) in [6, 6.07) is 2.96. The van der Waals surface area contributed by atoms with Crippen LogP contribution in [0.1, 0.15) is 40.0 Å². The van der Waals surface area contributed by atoms with Crippen LogP contribution < -0.4 is 22.1 Å². The van der Waals surface area contributed by atoms with E-state index in [0.717, 1.165) is 71.7 Å². The van der Waals surface area contributed by atoms with Crippen molar-refractivity contribution in [3.8, 4) is 6.07 Å². The largest absolute Gasteiger partial charge is 0.350 e. The summed E-state index contributed by atoms with van der Waals surface area (Å²) in [5.41, 5.74) is 12.7. The molecule has 0 aliphatic carbocycles. The van der Waals surface area contributed by atoms with Crippen molar-refractivity contribution in [3.63, 3.8) is 0 Å². The zero-order valence-electron chi connectivity index (χ0n) is 22.3. The van der Waals surface area contributed by atoms with Crippen LogP contribution in [0.5, 0.6) is 0 Å². The molecule has 3 aliphatic heterocycles. The highest BCUT2D eigenvalue weighted by Crippen LogP contribution is 2.29. The number of nitriles is 1. The number of nitrogens with zero attached hydrogens (tertiary/aromatic N) is 5. The van der Waals surface area contributed by atoms with Gasteiger partial charge in [0.05, 0.1) is 30.4 Å². The fourth-order valence-corrected chi connectivity index (χ4v) is 6.17. The molecule has 3 rings (SSSR count). The number of nitrogens with two attached hydrogens (primary N) is 2. The van der Waals surface area contributed by atoms with Gasteiger partial charge in [0.1, 0.15) is 0 Å². The van der Waals surface area contributed by atoms with Gasteiger partial charge in [-0.1, -0.05) is 13.8 Å². The Balaban J connectivity index is 1.80. The number of hydrogen-bond donors (Lipinski definition) is 4. The molecule has 0 aromatic carbocycles. The van der Waals surface area contributed by atoms with Gasteiger partial charge in [-0.2, -0.15) is 5.26 Å². The quantitative estimate of drug-likeness (QED) is 0.307. The van der Waals surface area contributed by atoms with Crippen molar-refractivity contribution in [1.82, 2.24) is 30.2 Å². The molecule has 0 aromatic rings. The number of carbonyl (C=O) groups excluding carboxylic acids is 1. The maximum atomic E-state index is 13.9. The Kier molecular flexibility index (Phi) is 10.7. The Morgan fingerprint density at radius 3 is 2.51 bits per heavy atom. The lowest BCUT2D eigenvalue weighted by Crippen LogP contribution is -2.70. The first kappa shape index (κ1) is 28.3. The summed E-state index contributed by atoms with van der Waals surface area (Å²) in [5.74, 6) is -0.350. The normalized spacial score (nSPS) is 31.7. The van der Waals surface area contributed by atoms with Gasteiger partial charge in [-0.15, -0.1) is 0 Å². The molecule has 35 heavy (non-hydrogen) atoms. The third kappa shape index (κ3) is 6.92. The van der Waals surface area contributed by atoms with Crippen LogP contribution in [0.3, 0.4) is 0 Å². The van der Waals surface area contributed by atoms with Crippen LogP contribution >= 0.6 is 0 Å². The van der Waals surface area contributed by atoms with Gasteiger partial charge in [0.15, 0.2) is 0 Å². The molecule has 6 N–H and O–H groups in total. The molecule has 200 valence electrons. The highest BCUT2D eigenvalue weighted by atomic mass is 16.2. The van der Waals surface area contributed by atoms with Gasteiger partial charge in [-0.25, -0.2) is 0 Å². The van der Waals surface area contributed by atoms with Crippen molar-refractivity contribution >= 4 is 5.91 Å². The molecule has 6 atom stereocenters. The van der Waals surface area contributed by atoms with Gasteiger partial charge in [-0.05, 0) is 45.8 Å². The van der Waals surface area contributed by atoms with Crippen molar-refractivity contribution < 1.29 is 4.79 Å². The monoisotopic (exact) mass is 491 g/mol. The second kappa shape index (κ2) is 13.3. The molecule has 0 aromatic heterocycles. The number of piperidine rings is 1. The van der Waals surface area contributed by atoms with Crippen LogP contribution in [0.4, 0.5) is 0 Å². The first-order valence-corrected chi connectivity index (χ1v) is 13.6. The Labute approximate surface area is 212 Å². The third-order valence-corrected chi connectivity index (χ3v) is 8.44. The van der Waals surface area contributed by atoms with Gasteiger partial charge in [-0.3, -0.25) is 19.5 Å². The first-order chi connectivity index (χ1) is 16.8. The van der Waals surface area contributed by atoms with Crippen molar-refractivity contribution in [1.29, 1.82) is 5.26 Å². The number of piperazine rings is 1. The van der Waals surface area contributed by atoms with E-state index in [9.17, 15) is 10.1 Å². The first-order valence-electron chi connectivity index (χ1n) is 13.6. The fourth-order valence-electron chi connectivity index (χ4n) is 6.17. The molecule has 0 spiro atoms. The zero-order chi connectivity index (χ0) is 25.5. The van der Waals surface area contributed by atoms with E-state index < -0.39 is 12.1 Å². The van der Waals surface area contributed by atoms with Gasteiger partial charge in [0.2, 0.25) is 5.91 Å². The summed E-state index contributed by atoms with van der Waals surface area (Å²) in [6.07, 6.45) is 1.55. The van der Waals surface area contributed by atoms with Crippen LogP contribution in [-0.2, 0) is 4.79 Å². The van der Waals surface area contributed by atoms with Crippen LogP contribution in [0.25, 0.3) is 0 Å². The lowest BCUT2D eigenvalue weighted by molar-refractivity contribution is -0.139. The molecule has 3 heterocycles. The maximum absolute atomic E-state index is 13.9. The molecule has 6 unspecified atom stereocenters. The van der Waals surface area contributed by atoms with Crippen molar-refractivity contribution in [2.45, 2.75) is 70.5 Å². The number of likely N-dealkylation sites (N-methyl/N-ethyl adjacent to an activating group) is 1. The second-order valence-electron chi connectivity index (χ2n) is 10.8. The number of amides is 1. The molecule has 1 amide bonds. The van der Waals surface area contributed by atoms with E-state index in [1.165, 1.54) is 0 Å². The van der Waals surface area contributed by atoms with E-state index in [-0.39, 0.29) is 30.1 Å². The molecule has 10 heteroatoms. The Morgan fingerprint density at radius 2 is 1.91 bits per heavy atom. The van der Waals surface area contributed by atoms with Gasteiger partial charge in [0.25, 0.3) is 0 Å². The summed E-state index contributed by atoms with van der Waals surface area (Å²) in [5, 5.41) is 16.2. The standard InChI is InChI=1S/C25H49N9O/c1-5-18(3)34-17-19(7-9-26)16-32(6-2)25(34)22(23(27)28)24(35)30-20-15-29-10-8-21(20)33-13-11-31(4)12-14-33/h18-23,25,29H,5-8,10-17,27-28H2,1-4H3,(H,30,35).